The Morgan fingerprint density at radius 1 is 1.22 bits per heavy atom. The Hall–Kier alpha value is -1.51. The van der Waals surface area contributed by atoms with Gasteiger partial charge in [-0.2, -0.15) is 0 Å². The van der Waals surface area contributed by atoms with Gasteiger partial charge in [-0.15, -0.1) is 24.0 Å². The highest BCUT2D eigenvalue weighted by molar-refractivity contribution is 14.0. The van der Waals surface area contributed by atoms with Gasteiger partial charge in [-0.05, 0) is 31.4 Å². The molecule has 0 bridgehead atoms. The largest absolute Gasteiger partial charge is 0.488 e. The minimum absolute atomic E-state index is 0. The normalized spacial score (nSPS) is 15.3. The molecule has 27 heavy (non-hydrogen) atoms. The van der Waals surface area contributed by atoms with Gasteiger partial charge in [0.15, 0.2) is 5.96 Å². The second-order valence-corrected chi connectivity index (χ2v) is 6.44. The van der Waals surface area contributed by atoms with Crippen LogP contribution in [0.1, 0.15) is 44.6 Å². The number of ether oxygens (including phenoxy) is 2. The number of methoxy groups -OCH3 is 1. The van der Waals surface area contributed by atoms with Crippen molar-refractivity contribution in [1.82, 2.24) is 10.6 Å². The summed E-state index contributed by atoms with van der Waals surface area (Å²) in [6, 6.07) is 8.18. The maximum absolute atomic E-state index is 11.0. The van der Waals surface area contributed by atoms with Crippen LogP contribution in [0.3, 0.4) is 0 Å². The fraction of sp³-hybridized carbons (Fsp3) is 0.600. The predicted molar refractivity (Wildman–Crippen MR) is 119 cm³/mol. The van der Waals surface area contributed by atoms with Gasteiger partial charge in [0.1, 0.15) is 11.9 Å². The summed E-state index contributed by atoms with van der Waals surface area (Å²) >= 11 is 0. The van der Waals surface area contributed by atoms with E-state index >= 15 is 0 Å². The molecule has 1 aliphatic heterocycles. The molecule has 2 N–H and O–H groups in total. The average Bonchev–Trinajstić information content (AvgIpc) is 3.07. The molecule has 0 aliphatic carbocycles. The second kappa shape index (κ2) is 13.6. The summed E-state index contributed by atoms with van der Waals surface area (Å²) in [5, 5.41) is 6.64. The van der Waals surface area contributed by atoms with Crippen LogP contribution in [0.25, 0.3) is 0 Å². The lowest BCUT2D eigenvalue weighted by molar-refractivity contribution is -0.140. The number of guanidine groups is 1. The summed E-state index contributed by atoms with van der Waals surface area (Å²) in [6.07, 6.45) is 5.61. The van der Waals surface area contributed by atoms with Crippen molar-refractivity contribution in [3.63, 3.8) is 0 Å². The van der Waals surface area contributed by atoms with Crippen molar-refractivity contribution in [3.8, 4) is 5.75 Å². The third kappa shape index (κ3) is 8.81. The first-order valence-electron chi connectivity index (χ1n) is 9.56. The SMILES string of the molecule is CCNC(=NCC1Cc2ccccc2O1)NCCCCCCC(=O)OC.I. The Balaban J connectivity index is 0.00000364. The fourth-order valence-electron chi connectivity index (χ4n) is 2.95. The summed E-state index contributed by atoms with van der Waals surface area (Å²) in [6.45, 7) is 4.40. The number of esters is 1. The summed E-state index contributed by atoms with van der Waals surface area (Å²) in [4.78, 5) is 15.7. The van der Waals surface area contributed by atoms with Crippen LogP contribution >= 0.6 is 24.0 Å². The van der Waals surface area contributed by atoms with E-state index in [4.69, 9.17) is 4.74 Å². The molecule has 1 aromatic rings. The van der Waals surface area contributed by atoms with Gasteiger partial charge in [-0.1, -0.05) is 31.0 Å². The van der Waals surface area contributed by atoms with Crippen LogP contribution in [-0.4, -0.2) is 44.8 Å². The number of halogens is 1. The molecule has 7 heteroatoms. The Kier molecular flexibility index (Phi) is 11.9. The number of nitrogens with one attached hydrogen (secondary N) is 2. The van der Waals surface area contributed by atoms with E-state index in [1.165, 1.54) is 12.7 Å². The molecule has 0 amide bonds. The summed E-state index contributed by atoms with van der Waals surface area (Å²) < 4.78 is 10.6. The fourth-order valence-corrected chi connectivity index (χ4v) is 2.95. The lowest BCUT2D eigenvalue weighted by atomic mass is 10.1. The number of fused-ring (bicyclic) bond motifs is 1. The van der Waals surface area contributed by atoms with Gasteiger partial charge in [0.2, 0.25) is 0 Å². The average molecular weight is 489 g/mol. The van der Waals surface area contributed by atoms with Gasteiger partial charge in [0.25, 0.3) is 0 Å². The molecule has 152 valence electrons. The van der Waals surface area contributed by atoms with Crippen molar-refractivity contribution in [1.29, 1.82) is 0 Å². The van der Waals surface area contributed by atoms with Crippen molar-refractivity contribution >= 4 is 35.9 Å². The molecule has 0 saturated carbocycles. The van der Waals surface area contributed by atoms with E-state index in [-0.39, 0.29) is 36.0 Å². The van der Waals surface area contributed by atoms with Crippen molar-refractivity contribution in [2.24, 2.45) is 4.99 Å². The highest BCUT2D eigenvalue weighted by Crippen LogP contribution is 2.28. The highest BCUT2D eigenvalue weighted by atomic mass is 127. The van der Waals surface area contributed by atoms with E-state index in [1.54, 1.807) is 0 Å². The maximum atomic E-state index is 11.0. The Bertz CT molecular complexity index is 571. The predicted octanol–water partition coefficient (Wildman–Crippen LogP) is 3.29. The molecule has 1 unspecified atom stereocenters. The third-order valence-electron chi connectivity index (χ3n) is 4.34. The number of hydrogen-bond acceptors (Lipinski definition) is 4. The number of nitrogens with zero attached hydrogens (tertiary/aromatic N) is 1. The van der Waals surface area contributed by atoms with E-state index in [9.17, 15) is 4.79 Å². The van der Waals surface area contributed by atoms with Gasteiger partial charge in [0.05, 0.1) is 13.7 Å². The van der Waals surface area contributed by atoms with E-state index in [1.807, 2.05) is 18.2 Å². The number of carbonyl (C=O) groups is 1. The first kappa shape index (κ1) is 23.5. The lowest BCUT2D eigenvalue weighted by Crippen LogP contribution is -2.38. The minimum atomic E-state index is -0.124. The zero-order valence-corrected chi connectivity index (χ0v) is 18.7. The number of carbonyl (C=O) groups excluding carboxylic acids is 1. The van der Waals surface area contributed by atoms with Gasteiger partial charge < -0.3 is 20.1 Å². The van der Waals surface area contributed by atoms with E-state index in [2.05, 4.69) is 33.4 Å². The zero-order valence-electron chi connectivity index (χ0n) is 16.3. The van der Waals surface area contributed by atoms with Crippen LogP contribution in [0.2, 0.25) is 0 Å². The summed E-state index contributed by atoms with van der Waals surface area (Å²) in [5.74, 6) is 1.69. The quantitative estimate of drug-likeness (QED) is 0.174. The smallest absolute Gasteiger partial charge is 0.305 e. The van der Waals surface area contributed by atoms with E-state index in [0.29, 0.717) is 13.0 Å². The van der Waals surface area contributed by atoms with Gasteiger partial charge in [-0.3, -0.25) is 4.79 Å². The topological polar surface area (TPSA) is 72.0 Å². The number of rotatable bonds is 10. The van der Waals surface area contributed by atoms with Gasteiger partial charge in [-0.25, -0.2) is 4.99 Å². The summed E-state index contributed by atoms with van der Waals surface area (Å²) in [7, 11) is 1.43. The van der Waals surface area contributed by atoms with Crippen LogP contribution in [0, 0.1) is 0 Å². The molecule has 0 spiro atoms. The maximum Gasteiger partial charge on any atom is 0.305 e. The van der Waals surface area contributed by atoms with E-state index < -0.39 is 0 Å². The highest BCUT2D eigenvalue weighted by Gasteiger charge is 2.21. The first-order chi connectivity index (χ1) is 12.7. The molecule has 2 rings (SSSR count). The van der Waals surface area contributed by atoms with Crippen LogP contribution in [0.15, 0.2) is 29.3 Å². The standard InChI is InChI=1S/C20H31N3O3.HI/c1-3-21-20(22-13-9-5-4-6-12-19(24)25-2)23-15-17-14-16-10-7-8-11-18(16)26-17;/h7-8,10-11,17H,3-6,9,12-15H2,1-2H3,(H2,21,22,23);1H. The molecule has 0 fully saturated rings. The van der Waals surface area contributed by atoms with Crippen molar-refractivity contribution in [3.05, 3.63) is 29.8 Å². The molecule has 0 aromatic heterocycles. The van der Waals surface area contributed by atoms with Crippen LogP contribution in [0.5, 0.6) is 5.75 Å². The Labute approximate surface area is 179 Å². The number of benzene rings is 1. The second-order valence-electron chi connectivity index (χ2n) is 6.44. The molecule has 1 heterocycles. The number of para-hydroxylation sites is 1. The molecular weight excluding hydrogens is 457 g/mol. The lowest BCUT2D eigenvalue weighted by Gasteiger charge is -2.13. The van der Waals surface area contributed by atoms with Crippen LogP contribution in [-0.2, 0) is 16.0 Å². The number of hydrogen-bond donors (Lipinski definition) is 2. The first-order valence-corrected chi connectivity index (χ1v) is 9.56. The molecule has 1 atom stereocenters. The van der Waals surface area contributed by atoms with Gasteiger partial charge in [0, 0.05) is 25.9 Å². The number of unbranched alkanes of at least 4 members (excludes halogenated alkanes) is 3. The molecule has 1 aliphatic rings. The molecular formula is C20H32IN3O3. The molecule has 0 saturated heterocycles. The third-order valence-corrected chi connectivity index (χ3v) is 4.34. The molecule has 6 nitrogen and oxygen atoms in total. The van der Waals surface area contributed by atoms with Crippen LogP contribution in [0.4, 0.5) is 0 Å². The Morgan fingerprint density at radius 2 is 2.00 bits per heavy atom. The minimum Gasteiger partial charge on any atom is -0.488 e. The molecule has 0 radical (unpaired) electrons. The monoisotopic (exact) mass is 489 g/mol. The number of aliphatic imine (C=N–C) groups is 1. The van der Waals surface area contributed by atoms with E-state index in [0.717, 1.165) is 56.9 Å². The molecule has 1 aromatic carbocycles. The van der Waals surface area contributed by atoms with Crippen molar-refractivity contribution in [2.75, 3.05) is 26.7 Å². The van der Waals surface area contributed by atoms with Gasteiger partial charge >= 0.3 is 5.97 Å². The summed E-state index contributed by atoms with van der Waals surface area (Å²) in [5.41, 5.74) is 1.26. The Morgan fingerprint density at radius 3 is 2.74 bits per heavy atom. The van der Waals surface area contributed by atoms with Crippen molar-refractivity contribution < 1.29 is 14.3 Å². The zero-order chi connectivity index (χ0) is 18.6. The van der Waals surface area contributed by atoms with Crippen LogP contribution < -0.4 is 15.4 Å². The van der Waals surface area contributed by atoms with Crippen molar-refractivity contribution in [2.45, 2.75) is 51.6 Å².